The van der Waals surface area contributed by atoms with Gasteiger partial charge in [0.25, 0.3) is 5.91 Å². The number of amides is 1. The molecule has 0 spiro atoms. The molecule has 1 fully saturated rings. The molecule has 1 unspecified atom stereocenters. The highest BCUT2D eigenvalue weighted by Gasteiger charge is 2.33. The number of rotatable bonds is 3. The molecule has 0 bridgehead atoms. The zero-order valence-electron chi connectivity index (χ0n) is 13.0. The summed E-state index contributed by atoms with van der Waals surface area (Å²) < 4.78 is 15.3. The lowest BCUT2D eigenvalue weighted by Crippen LogP contribution is -2.38. The van der Waals surface area contributed by atoms with Gasteiger partial charge in [-0.15, -0.1) is 0 Å². The van der Waals surface area contributed by atoms with E-state index < -0.39 is 11.9 Å². The minimum Gasteiger partial charge on any atom is -0.386 e. The number of hydrogen-bond donors (Lipinski definition) is 1. The average molecular weight is 350 g/mol. The molecule has 4 rings (SSSR count). The van der Waals surface area contributed by atoms with Gasteiger partial charge >= 0.3 is 0 Å². The summed E-state index contributed by atoms with van der Waals surface area (Å²) in [7, 11) is 0. The molecule has 5 nitrogen and oxygen atoms in total. The molecule has 1 saturated carbocycles. The average Bonchev–Trinajstić information content (AvgIpc) is 3.30. The summed E-state index contributed by atoms with van der Waals surface area (Å²) in [5, 5.41) is 14.9. The zero-order valence-corrected chi connectivity index (χ0v) is 13.7. The van der Waals surface area contributed by atoms with Gasteiger partial charge in [-0.05, 0) is 43.0 Å². The second-order valence-corrected chi connectivity index (χ2v) is 6.89. The van der Waals surface area contributed by atoms with E-state index in [-0.39, 0.29) is 16.5 Å². The Morgan fingerprint density at radius 1 is 1.29 bits per heavy atom. The molecule has 1 aromatic heterocycles. The van der Waals surface area contributed by atoms with E-state index in [0.717, 1.165) is 18.5 Å². The number of carbonyl (C=O) groups excluding carboxylic acids is 1. The molecule has 24 heavy (non-hydrogen) atoms. The van der Waals surface area contributed by atoms with Crippen molar-refractivity contribution in [2.75, 3.05) is 6.54 Å². The van der Waals surface area contributed by atoms with Crippen LogP contribution in [0.25, 0.3) is 0 Å². The molecule has 1 aromatic carbocycles. The second kappa shape index (κ2) is 5.86. The largest absolute Gasteiger partial charge is 0.386 e. The van der Waals surface area contributed by atoms with E-state index in [2.05, 4.69) is 5.10 Å². The molecule has 2 heterocycles. The fraction of sp³-hybridized carbons (Fsp3) is 0.412. The molecule has 1 N–H and O–H groups in total. The van der Waals surface area contributed by atoms with Crippen LogP contribution in [0.2, 0.25) is 5.02 Å². The van der Waals surface area contributed by atoms with E-state index in [1.807, 2.05) is 10.7 Å². The van der Waals surface area contributed by atoms with Crippen LogP contribution in [0.4, 0.5) is 4.39 Å². The van der Waals surface area contributed by atoms with Gasteiger partial charge in [-0.1, -0.05) is 11.6 Å². The Hall–Kier alpha value is -1.92. The summed E-state index contributed by atoms with van der Waals surface area (Å²) in [5.74, 6) is -0.468. The smallest absolute Gasteiger partial charge is 0.254 e. The van der Waals surface area contributed by atoms with E-state index in [9.17, 15) is 14.3 Å². The fourth-order valence-electron chi connectivity index (χ4n) is 3.12. The highest BCUT2D eigenvalue weighted by molar-refractivity contribution is 6.31. The minimum atomic E-state index is -0.525. The van der Waals surface area contributed by atoms with Crippen LogP contribution < -0.4 is 0 Å². The maximum atomic E-state index is 13.5. The van der Waals surface area contributed by atoms with Gasteiger partial charge in [-0.25, -0.2) is 4.39 Å². The van der Waals surface area contributed by atoms with Gasteiger partial charge in [0.1, 0.15) is 11.9 Å². The molecule has 0 radical (unpaired) electrons. The van der Waals surface area contributed by atoms with E-state index >= 15 is 0 Å². The van der Waals surface area contributed by atoms with Crippen molar-refractivity contribution in [2.45, 2.75) is 32.0 Å². The summed E-state index contributed by atoms with van der Waals surface area (Å²) in [5.41, 5.74) is 1.80. The SMILES string of the molecule is O=C(c1cc(F)cc(Cl)c1)N1CCn2nc(C(O)C3CC3)cc2C1. The number of aliphatic hydroxyl groups is 1. The van der Waals surface area contributed by atoms with Crippen molar-refractivity contribution < 1.29 is 14.3 Å². The monoisotopic (exact) mass is 349 g/mol. The quantitative estimate of drug-likeness (QED) is 0.927. The molecule has 2 aromatic rings. The van der Waals surface area contributed by atoms with E-state index in [4.69, 9.17) is 11.6 Å². The lowest BCUT2D eigenvalue weighted by atomic mass is 10.1. The fourth-order valence-corrected chi connectivity index (χ4v) is 3.34. The van der Waals surface area contributed by atoms with Crippen molar-refractivity contribution in [3.8, 4) is 0 Å². The highest BCUT2D eigenvalue weighted by atomic mass is 35.5. The minimum absolute atomic E-state index is 0.204. The maximum absolute atomic E-state index is 13.5. The Kier molecular flexibility index (Phi) is 3.81. The third-order valence-corrected chi connectivity index (χ3v) is 4.80. The number of carbonyl (C=O) groups is 1. The van der Waals surface area contributed by atoms with Crippen LogP contribution in [-0.4, -0.2) is 32.2 Å². The van der Waals surface area contributed by atoms with Gasteiger partial charge in [0, 0.05) is 17.1 Å². The van der Waals surface area contributed by atoms with Crippen LogP contribution in [-0.2, 0) is 13.1 Å². The van der Waals surface area contributed by atoms with Gasteiger partial charge in [-0.3, -0.25) is 9.48 Å². The number of nitrogens with zero attached hydrogens (tertiary/aromatic N) is 3. The molecule has 7 heteroatoms. The van der Waals surface area contributed by atoms with Crippen LogP contribution in [0, 0.1) is 11.7 Å². The van der Waals surface area contributed by atoms with E-state index in [1.165, 1.54) is 18.2 Å². The van der Waals surface area contributed by atoms with Crippen molar-refractivity contribution in [3.05, 3.63) is 52.1 Å². The molecule has 1 aliphatic heterocycles. The summed E-state index contributed by atoms with van der Waals surface area (Å²) in [6.45, 7) is 1.43. The van der Waals surface area contributed by atoms with Gasteiger partial charge < -0.3 is 10.0 Å². The Labute approximate surface area is 143 Å². The van der Waals surface area contributed by atoms with Gasteiger partial charge in [0.05, 0.1) is 24.5 Å². The van der Waals surface area contributed by atoms with Crippen molar-refractivity contribution >= 4 is 17.5 Å². The number of hydrogen-bond acceptors (Lipinski definition) is 3. The van der Waals surface area contributed by atoms with Crippen LogP contribution >= 0.6 is 11.6 Å². The molecule has 1 amide bonds. The van der Waals surface area contributed by atoms with Gasteiger partial charge in [-0.2, -0.15) is 5.10 Å². The summed E-state index contributed by atoms with van der Waals surface area (Å²) in [6.07, 6.45) is 1.55. The Morgan fingerprint density at radius 2 is 2.08 bits per heavy atom. The molecular formula is C17H17ClFN3O2. The second-order valence-electron chi connectivity index (χ2n) is 6.45. The predicted octanol–water partition coefficient (Wildman–Crippen LogP) is 2.78. The Balaban J connectivity index is 1.54. The van der Waals surface area contributed by atoms with Crippen LogP contribution in [0.3, 0.4) is 0 Å². The van der Waals surface area contributed by atoms with Crippen molar-refractivity contribution in [1.82, 2.24) is 14.7 Å². The topological polar surface area (TPSA) is 58.4 Å². The van der Waals surface area contributed by atoms with E-state index in [0.29, 0.717) is 31.2 Å². The third kappa shape index (κ3) is 2.91. The summed E-state index contributed by atoms with van der Waals surface area (Å²) in [6, 6.07) is 5.71. The number of fused-ring (bicyclic) bond motifs is 1. The van der Waals surface area contributed by atoms with Crippen LogP contribution in [0.1, 0.15) is 40.7 Å². The molecule has 1 atom stereocenters. The first-order valence-corrected chi connectivity index (χ1v) is 8.39. The number of aliphatic hydroxyl groups excluding tert-OH is 1. The maximum Gasteiger partial charge on any atom is 0.254 e. The van der Waals surface area contributed by atoms with Crippen molar-refractivity contribution in [2.24, 2.45) is 5.92 Å². The first-order valence-electron chi connectivity index (χ1n) is 8.01. The predicted molar refractivity (Wildman–Crippen MR) is 86.1 cm³/mol. The zero-order chi connectivity index (χ0) is 16.8. The third-order valence-electron chi connectivity index (χ3n) is 4.59. The number of aromatic nitrogens is 2. The lowest BCUT2D eigenvalue weighted by Gasteiger charge is -2.27. The first-order chi connectivity index (χ1) is 11.5. The number of halogens is 2. The molecule has 126 valence electrons. The Bertz CT molecular complexity index is 783. The highest BCUT2D eigenvalue weighted by Crippen LogP contribution is 2.40. The van der Waals surface area contributed by atoms with Gasteiger partial charge in [0.2, 0.25) is 0 Å². The molecular weight excluding hydrogens is 333 g/mol. The Morgan fingerprint density at radius 3 is 2.79 bits per heavy atom. The molecule has 2 aliphatic rings. The molecule has 0 saturated heterocycles. The normalized spacial score (nSPS) is 18.4. The van der Waals surface area contributed by atoms with Crippen LogP contribution in [0.5, 0.6) is 0 Å². The lowest BCUT2D eigenvalue weighted by molar-refractivity contribution is 0.0705. The van der Waals surface area contributed by atoms with E-state index in [1.54, 1.807) is 4.90 Å². The first kappa shape index (κ1) is 15.6. The van der Waals surface area contributed by atoms with Crippen molar-refractivity contribution in [1.29, 1.82) is 0 Å². The molecule has 1 aliphatic carbocycles. The number of benzene rings is 1. The van der Waals surface area contributed by atoms with Crippen molar-refractivity contribution in [3.63, 3.8) is 0 Å². The van der Waals surface area contributed by atoms with Gasteiger partial charge in [0.15, 0.2) is 0 Å². The standard InChI is InChI=1S/C17H17ClFN3O2/c18-12-5-11(6-13(19)7-12)17(24)21-3-4-22-14(9-21)8-15(20-22)16(23)10-1-2-10/h5-8,10,16,23H,1-4,9H2. The summed E-state index contributed by atoms with van der Waals surface area (Å²) >= 11 is 5.84. The summed E-state index contributed by atoms with van der Waals surface area (Å²) in [4.78, 5) is 14.2. The van der Waals surface area contributed by atoms with Crippen LogP contribution in [0.15, 0.2) is 24.3 Å².